The van der Waals surface area contributed by atoms with Crippen LogP contribution in [0.25, 0.3) is 66.1 Å². The molecule has 0 saturated carbocycles. The van der Waals surface area contributed by atoms with Gasteiger partial charge in [-0.05, 0) is 98.8 Å². The Morgan fingerprint density at radius 2 is 0.875 bits per heavy atom. The minimum Gasteiger partial charge on any atom is -0.456 e. The fraction of sp³-hybridized carbons (Fsp3) is 0. The molecule has 0 aliphatic carbocycles. The van der Waals surface area contributed by atoms with E-state index in [9.17, 15) is 0 Å². The molecule has 0 radical (unpaired) electrons. The number of rotatable bonds is 6. The molecule has 0 saturated heterocycles. The Morgan fingerprint density at radius 1 is 0.312 bits per heavy atom. The van der Waals surface area contributed by atoms with Gasteiger partial charge in [0.05, 0.1) is 0 Å². The van der Waals surface area contributed by atoms with Crippen molar-refractivity contribution in [3.63, 3.8) is 0 Å². The van der Waals surface area contributed by atoms with E-state index in [-0.39, 0.29) is 0 Å². The van der Waals surface area contributed by atoms with E-state index in [1.807, 2.05) is 12.1 Å². The van der Waals surface area contributed by atoms with Crippen molar-refractivity contribution >= 4 is 49.8 Å². The molecule has 0 amide bonds. The molecule has 48 heavy (non-hydrogen) atoms. The summed E-state index contributed by atoms with van der Waals surface area (Å²) in [5.41, 5.74) is 12.2. The smallest absolute Gasteiger partial charge is 0.136 e. The van der Waals surface area contributed by atoms with Crippen molar-refractivity contribution in [2.75, 3.05) is 4.90 Å². The predicted octanol–water partition coefficient (Wildman–Crippen LogP) is 13.2. The monoisotopic (exact) mass is 613 g/mol. The number of hydrogen-bond donors (Lipinski definition) is 0. The lowest BCUT2D eigenvalue weighted by Crippen LogP contribution is -2.09. The van der Waals surface area contributed by atoms with Crippen LogP contribution in [0.1, 0.15) is 0 Å². The van der Waals surface area contributed by atoms with Crippen LogP contribution in [0.4, 0.5) is 17.1 Å². The third-order valence-electron chi connectivity index (χ3n) is 9.28. The van der Waals surface area contributed by atoms with E-state index in [2.05, 4.69) is 181 Å². The average molecular weight is 614 g/mol. The molecule has 0 unspecified atom stereocenters. The Hall–Kier alpha value is -6.38. The molecule has 0 aliphatic rings. The first kappa shape index (κ1) is 27.9. The first-order chi connectivity index (χ1) is 23.8. The highest BCUT2D eigenvalue weighted by molar-refractivity contribution is 6.11. The molecule has 9 rings (SSSR count). The largest absolute Gasteiger partial charge is 0.456 e. The van der Waals surface area contributed by atoms with E-state index in [1.54, 1.807) is 0 Å². The van der Waals surface area contributed by atoms with E-state index in [1.165, 1.54) is 33.0 Å². The molecule has 0 aliphatic heterocycles. The van der Waals surface area contributed by atoms with E-state index in [0.717, 1.165) is 50.1 Å². The number of benzene rings is 8. The molecule has 1 aromatic heterocycles. The summed E-state index contributed by atoms with van der Waals surface area (Å²) < 4.78 is 6.40. The van der Waals surface area contributed by atoms with Crippen LogP contribution in [-0.4, -0.2) is 0 Å². The molecule has 0 atom stereocenters. The van der Waals surface area contributed by atoms with Gasteiger partial charge in [0.25, 0.3) is 0 Å². The van der Waals surface area contributed by atoms with Crippen LogP contribution < -0.4 is 4.90 Å². The molecule has 0 N–H and O–H groups in total. The molecular weight excluding hydrogens is 583 g/mol. The van der Waals surface area contributed by atoms with Crippen molar-refractivity contribution in [3.8, 4) is 33.4 Å². The number of furan rings is 1. The van der Waals surface area contributed by atoms with Crippen LogP contribution in [0.3, 0.4) is 0 Å². The van der Waals surface area contributed by atoms with Gasteiger partial charge in [0.1, 0.15) is 11.2 Å². The van der Waals surface area contributed by atoms with Crippen molar-refractivity contribution in [2.24, 2.45) is 0 Å². The summed E-state index contributed by atoms with van der Waals surface area (Å²) in [5, 5.41) is 4.72. The van der Waals surface area contributed by atoms with E-state index >= 15 is 0 Å². The Balaban J connectivity index is 1.18. The van der Waals surface area contributed by atoms with Gasteiger partial charge in [-0.3, -0.25) is 0 Å². The minimum absolute atomic E-state index is 0.892. The molecule has 0 bridgehead atoms. The summed E-state index contributed by atoms with van der Waals surface area (Å²) in [6.45, 7) is 0. The van der Waals surface area contributed by atoms with Gasteiger partial charge < -0.3 is 9.32 Å². The highest BCUT2D eigenvalue weighted by Gasteiger charge is 2.18. The predicted molar refractivity (Wildman–Crippen MR) is 202 cm³/mol. The van der Waals surface area contributed by atoms with Gasteiger partial charge in [0, 0.05) is 27.8 Å². The van der Waals surface area contributed by atoms with Crippen molar-refractivity contribution in [1.29, 1.82) is 0 Å². The Kier molecular flexibility index (Phi) is 6.84. The molecule has 0 spiro atoms. The lowest BCUT2D eigenvalue weighted by Gasteiger charge is -2.26. The van der Waals surface area contributed by atoms with Gasteiger partial charge >= 0.3 is 0 Å². The number of fused-ring (bicyclic) bond motifs is 4. The second-order valence-electron chi connectivity index (χ2n) is 12.1. The van der Waals surface area contributed by atoms with E-state index in [4.69, 9.17) is 4.42 Å². The lowest BCUT2D eigenvalue weighted by molar-refractivity contribution is 0.669. The molecule has 2 nitrogen and oxygen atoms in total. The van der Waals surface area contributed by atoms with Gasteiger partial charge in [-0.1, -0.05) is 133 Å². The van der Waals surface area contributed by atoms with Gasteiger partial charge in [0.15, 0.2) is 0 Å². The first-order valence-electron chi connectivity index (χ1n) is 16.3. The van der Waals surface area contributed by atoms with Crippen LogP contribution in [0.2, 0.25) is 0 Å². The molecule has 0 fully saturated rings. The molecular formula is C46H31NO. The summed E-state index contributed by atoms with van der Waals surface area (Å²) in [6, 6.07) is 66.9. The van der Waals surface area contributed by atoms with E-state index < -0.39 is 0 Å². The zero-order valence-corrected chi connectivity index (χ0v) is 26.3. The maximum atomic E-state index is 6.40. The van der Waals surface area contributed by atoms with Gasteiger partial charge in [0.2, 0.25) is 0 Å². The number of para-hydroxylation sites is 2. The maximum absolute atomic E-state index is 6.40. The molecule has 8 aromatic carbocycles. The second kappa shape index (κ2) is 11.8. The maximum Gasteiger partial charge on any atom is 0.136 e. The number of hydrogen-bond acceptors (Lipinski definition) is 2. The van der Waals surface area contributed by atoms with Crippen LogP contribution in [0, 0.1) is 0 Å². The van der Waals surface area contributed by atoms with Crippen LogP contribution in [0.15, 0.2) is 192 Å². The summed E-state index contributed by atoms with van der Waals surface area (Å²) in [4.78, 5) is 2.31. The highest BCUT2D eigenvalue weighted by Crippen LogP contribution is 2.43. The quantitative estimate of drug-likeness (QED) is 0.185. The number of nitrogens with zero attached hydrogens (tertiary/aromatic N) is 1. The normalized spacial score (nSPS) is 11.3. The Bertz CT molecular complexity index is 2530. The molecule has 226 valence electrons. The molecule has 2 heteroatoms. The first-order valence-corrected chi connectivity index (χ1v) is 16.3. The number of anilines is 3. The minimum atomic E-state index is 0.892. The average Bonchev–Trinajstić information content (AvgIpc) is 3.53. The third kappa shape index (κ3) is 4.92. The van der Waals surface area contributed by atoms with Crippen LogP contribution in [0.5, 0.6) is 0 Å². The Labute approximate surface area is 279 Å². The summed E-state index contributed by atoms with van der Waals surface area (Å²) in [7, 11) is 0. The van der Waals surface area contributed by atoms with Crippen molar-refractivity contribution < 1.29 is 4.42 Å². The van der Waals surface area contributed by atoms with Gasteiger partial charge in [-0.15, -0.1) is 0 Å². The SMILES string of the molecule is c1ccc(-c2ccc(N(c3ccccc3)c3ccc(-c4cc5oc6ccccc6c5cc4-c4cccc5ccccc45)cc3)cc2)cc1. The highest BCUT2D eigenvalue weighted by atomic mass is 16.3. The second-order valence-corrected chi connectivity index (χ2v) is 12.1. The fourth-order valence-corrected chi connectivity index (χ4v) is 6.94. The third-order valence-corrected chi connectivity index (χ3v) is 9.28. The van der Waals surface area contributed by atoms with Crippen molar-refractivity contribution in [2.45, 2.75) is 0 Å². The Morgan fingerprint density at radius 3 is 1.62 bits per heavy atom. The van der Waals surface area contributed by atoms with Gasteiger partial charge in [-0.2, -0.15) is 0 Å². The van der Waals surface area contributed by atoms with Crippen LogP contribution >= 0.6 is 0 Å². The topological polar surface area (TPSA) is 16.4 Å². The fourth-order valence-electron chi connectivity index (χ4n) is 6.94. The zero-order valence-electron chi connectivity index (χ0n) is 26.3. The standard InChI is InChI=1S/C46H31NO/c1-3-12-32(13-4-1)33-22-26-37(27-23-33)47(36-16-5-2-6-17-36)38-28-24-35(25-29-38)42-31-46-44(41-19-9-10-21-45(41)48-46)30-43(42)40-20-11-15-34-14-7-8-18-39(34)40/h1-31H. The lowest BCUT2D eigenvalue weighted by atomic mass is 9.90. The van der Waals surface area contributed by atoms with E-state index in [0.29, 0.717) is 0 Å². The van der Waals surface area contributed by atoms with Crippen molar-refractivity contribution in [1.82, 2.24) is 0 Å². The molecule has 1 heterocycles. The summed E-state index contributed by atoms with van der Waals surface area (Å²) in [6.07, 6.45) is 0. The van der Waals surface area contributed by atoms with Gasteiger partial charge in [-0.25, -0.2) is 0 Å². The summed E-state index contributed by atoms with van der Waals surface area (Å²) in [5.74, 6) is 0. The molecule has 9 aromatic rings. The summed E-state index contributed by atoms with van der Waals surface area (Å²) >= 11 is 0. The van der Waals surface area contributed by atoms with Crippen LogP contribution in [-0.2, 0) is 0 Å². The zero-order chi connectivity index (χ0) is 31.9. The van der Waals surface area contributed by atoms with Crippen molar-refractivity contribution in [3.05, 3.63) is 188 Å².